The van der Waals surface area contributed by atoms with Gasteiger partial charge in [-0.1, -0.05) is 6.07 Å². The lowest BCUT2D eigenvalue weighted by Crippen LogP contribution is -2.16. The van der Waals surface area contributed by atoms with E-state index in [2.05, 4.69) is 10.3 Å². The fourth-order valence-electron chi connectivity index (χ4n) is 0.874. The quantitative estimate of drug-likeness (QED) is 0.391. The maximum atomic E-state index is 10.2. The van der Waals surface area contributed by atoms with E-state index in [0.717, 1.165) is 10.7 Å². The molecular formula is C8H8N4O. The standard InChI is InChI=1S/C8H8N4O/c9-4-6-12(11-13)7-8-3-1-2-5-10-8/h1-3,5H,6-7H2. The van der Waals surface area contributed by atoms with Gasteiger partial charge in [-0.25, -0.2) is 5.01 Å². The number of nitriles is 1. The van der Waals surface area contributed by atoms with Crippen LogP contribution in [0.2, 0.25) is 0 Å². The highest BCUT2D eigenvalue weighted by molar-refractivity contribution is 5.03. The second-order valence-corrected chi connectivity index (χ2v) is 2.38. The molecule has 13 heavy (non-hydrogen) atoms. The van der Waals surface area contributed by atoms with Crippen LogP contribution in [-0.2, 0) is 6.54 Å². The average Bonchev–Trinajstić information content (AvgIpc) is 2.19. The maximum Gasteiger partial charge on any atom is 0.126 e. The first kappa shape index (κ1) is 9.13. The van der Waals surface area contributed by atoms with Crippen LogP contribution in [-0.4, -0.2) is 16.5 Å². The van der Waals surface area contributed by atoms with Crippen molar-refractivity contribution in [1.29, 1.82) is 5.26 Å². The Kier molecular flexibility index (Phi) is 3.39. The Labute approximate surface area is 75.6 Å². The summed E-state index contributed by atoms with van der Waals surface area (Å²) in [6.45, 7) is 0.262. The molecule has 5 heteroatoms. The Morgan fingerprint density at radius 1 is 1.62 bits per heavy atom. The molecule has 0 saturated carbocycles. The van der Waals surface area contributed by atoms with Gasteiger partial charge in [0.1, 0.15) is 6.54 Å². The summed E-state index contributed by atoms with van der Waals surface area (Å²) in [5.74, 6) is 0. The molecule has 1 heterocycles. The topological polar surface area (TPSA) is 69.3 Å². The number of nitrogens with zero attached hydrogens (tertiary/aromatic N) is 4. The molecule has 1 rings (SSSR count). The SMILES string of the molecule is N#CCN(Cc1ccccn1)N=O. The maximum absolute atomic E-state index is 10.2. The molecule has 1 aromatic heterocycles. The summed E-state index contributed by atoms with van der Waals surface area (Å²) in [5, 5.41) is 12.1. The van der Waals surface area contributed by atoms with Gasteiger partial charge in [0.05, 0.1) is 23.6 Å². The minimum Gasteiger partial charge on any atom is -0.259 e. The Balaban J connectivity index is 2.57. The normalized spacial score (nSPS) is 8.85. The molecule has 0 aromatic carbocycles. The minimum absolute atomic E-state index is 0.0138. The molecule has 5 nitrogen and oxygen atoms in total. The average molecular weight is 176 g/mol. The fourth-order valence-corrected chi connectivity index (χ4v) is 0.874. The summed E-state index contributed by atoms with van der Waals surface area (Å²) in [7, 11) is 0. The van der Waals surface area contributed by atoms with Gasteiger partial charge in [-0.2, -0.15) is 5.26 Å². The molecule has 0 atom stereocenters. The minimum atomic E-state index is -0.0138. The third kappa shape index (κ3) is 2.87. The number of hydrogen-bond acceptors (Lipinski definition) is 4. The summed E-state index contributed by atoms with van der Waals surface area (Å²) < 4.78 is 0. The van der Waals surface area contributed by atoms with Crippen LogP contribution in [0.15, 0.2) is 29.7 Å². The zero-order valence-electron chi connectivity index (χ0n) is 6.92. The van der Waals surface area contributed by atoms with Gasteiger partial charge in [0.25, 0.3) is 0 Å². The molecule has 0 spiro atoms. The number of nitroso groups, excluding NO2 is 1. The van der Waals surface area contributed by atoms with Gasteiger partial charge in [0.2, 0.25) is 0 Å². The monoisotopic (exact) mass is 176 g/mol. The second kappa shape index (κ2) is 4.83. The fraction of sp³-hybridized carbons (Fsp3) is 0.250. The zero-order valence-corrected chi connectivity index (χ0v) is 6.92. The summed E-state index contributed by atoms with van der Waals surface area (Å²) in [6.07, 6.45) is 1.63. The first-order valence-corrected chi connectivity index (χ1v) is 3.72. The highest BCUT2D eigenvalue weighted by Gasteiger charge is 2.02. The van der Waals surface area contributed by atoms with E-state index in [4.69, 9.17) is 5.26 Å². The highest BCUT2D eigenvalue weighted by Crippen LogP contribution is 1.99. The molecule has 1 aromatic rings. The molecular weight excluding hydrogens is 168 g/mol. The number of aromatic nitrogens is 1. The molecule has 0 N–H and O–H groups in total. The number of pyridine rings is 1. The van der Waals surface area contributed by atoms with E-state index in [1.165, 1.54) is 0 Å². The van der Waals surface area contributed by atoms with Crippen LogP contribution < -0.4 is 0 Å². The lowest BCUT2D eigenvalue weighted by atomic mass is 10.3. The number of rotatable bonds is 4. The predicted molar refractivity (Wildman–Crippen MR) is 46.1 cm³/mol. The summed E-state index contributed by atoms with van der Waals surface area (Å²) in [4.78, 5) is 14.2. The van der Waals surface area contributed by atoms with Gasteiger partial charge in [0.15, 0.2) is 0 Å². The molecule has 0 unspecified atom stereocenters. The van der Waals surface area contributed by atoms with Gasteiger partial charge in [-0.3, -0.25) is 4.98 Å². The lowest BCUT2D eigenvalue weighted by Gasteiger charge is -2.09. The van der Waals surface area contributed by atoms with E-state index < -0.39 is 0 Å². The molecule has 0 fully saturated rings. The predicted octanol–water partition coefficient (Wildman–Crippen LogP) is 1.09. The van der Waals surface area contributed by atoms with Gasteiger partial charge in [-0.15, -0.1) is 4.91 Å². The lowest BCUT2D eigenvalue weighted by molar-refractivity contribution is 0.306. The van der Waals surface area contributed by atoms with E-state index in [1.54, 1.807) is 18.3 Å². The Morgan fingerprint density at radius 2 is 2.46 bits per heavy atom. The Morgan fingerprint density at radius 3 is 3.00 bits per heavy atom. The van der Waals surface area contributed by atoms with E-state index >= 15 is 0 Å². The van der Waals surface area contributed by atoms with E-state index in [-0.39, 0.29) is 13.1 Å². The second-order valence-electron chi connectivity index (χ2n) is 2.38. The van der Waals surface area contributed by atoms with Crippen molar-refractivity contribution in [3.05, 3.63) is 35.0 Å². The van der Waals surface area contributed by atoms with Crippen molar-refractivity contribution in [2.24, 2.45) is 5.29 Å². The molecule has 66 valence electrons. The van der Waals surface area contributed by atoms with Crippen molar-refractivity contribution in [1.82, 2.24) is 9.99 Å². The van der Waals surface area contributed by atoms with Gasteiger partial charge in [-0.05, 0) is 12.1 Å². The van der Waals surface area contributed by atoms with Crippen LogP contribution in [0.3, 0.4) is 0 Å². The molecule has 0 aliphatic carbocycles. The van der Waals surface area contributed by atoms with E-state index in [0.29, 0.717) is 0 Å². The first-order valence-electron chi connectivity index (χ1n) is 3.72. The Hall–Kier alpha value is -1.96. The summed E-state index contributed by atoms with van der Waals surface area (Å²) >= 11 is 0. The molecule has 0 amide bonds. The van der Waals surface area contributed by atoms with Crippen molar-refractivity contribution in [3.8, 4) is 6.07 Å². The van der Waals surface area contributed by atoms with Crippen LogP contribution >= 0.6 is 0 Å². The van der Waals surface area contributed by atoms with Crippen molar-refractivity contribution in [3.63, 3.8) is 0 Å². The highest BCUT2D eigenvalue weighted by atomic mass is 16.3. The van der Waals surface area contributed by atoms with Crippen molar-refractivity contribution in [2.75, 3.05) is 6.54 Å². The van der Waals surface area contributed by atoms with Crippen LogP contribution in [0.5, 0.6) is 0 Å². The summed E-state index contributed by atoms with van der Waals surface area (Å²) in [5.41, 5.74) is 0.720. The van der Waals surface area contributed by atoms with Crippen molar-refractivity contribution >= 4 is 0 Å². The van der Waals surface area contributed by atoms with E-state index in [9.17, 15) is 4.91 Å². The molecule has 0 aliphatic rings. The molecule has 0 bridgehead atoms. The zero-order chi connectivity index (χ0) is 9.52. The first-order chi connectivity index (χ1) is 6.36. The van der Waals surface area contributed by atoms with Crippen molar-refractivity contribution in [2.45, 2.75) is 6.54 Å². The van der Waals surface area contributed by atoms with Crippen LogP contribution in [0.25, 0.3) is 0 Å². The van der Waals surface area contributed by atoms with Gasteiger partial charge in [0, 0.05) is 6.20 Å². The number of hydrogen-bond donors (Lipinski definition) is 0. The molecule has 0 saturated heterocycles. The smallest absolute Gasteiger partial charge is 0.126 e. The van der Waals surface area contributed by atoms with Gasteiger partial charge >= 0.3 is 0 Å². The third-order valence-corrected chi connectivity index (χ3v) is 1.44. The summed E-state index contributed by atoms with van der Waals surface area (Å²) in [6, 6.07) is 7.22. The largest absolute Gasteiger partial charge is 0.259 e. The third-order valence-electron chi connectivity index (χ3n) is 1.44. The van der Waals surface area contributed by atoms with Crippen LogP contribution in [0, 0.1) is 16.2 Å². The molecule has 0 aliphatic heterocycles. The van der Waals surface area contributed by atoms with Crippen LogP contribution in [0.4, 0.5) is 0 Å². The van der Waals surface area contributed by atoms with Gasteiger partial charge < -0.3 is 0 Å². The van der Waals surface area contributed by atoms with Crippen LogP contribution in [0.1, 0.15) is 5.69 Å². The van der Waals surface area contributed by atoms with Crippen molar-refractivity contribution < 1.29 is 0 Å². The molecule has 0 radical (unpaired) electrons. The van der Waals surface area contributed by atoms with E-state index in [1.807, 2.05) is 12.1 Å². The Bertz CT molecular complexity index is 306.